The van der Waals surface area contributed by atoms with Gasteiger partial charge < -0.3 is 4.42 Å². The highest BCUT2D eigenvalue weighted by Crippen LogP contribution is 2.33. The summed E-state index contributed by atoms with van der Waals surface area (Å²) in [5, 5.41) is 0. The third-order valence-electron chi connectivity index (χ3n) is 3.99. The number of rotatable bonds is 2. The molecule has 3 aromatic rings. The number of pyridine rings is 1. The molecule has 1 saturated heterocycles. The minimum atomic E-state index is 0.328. The van der Waals surface area contributed by atoms with Crippen LogP contribution in [0.1, 0.15) is 24.7 Å². The Balaban J connectivity index is 1.97. The van der Waals surface area contributed by atoms with Gasteiger partial charge in [0.15, 0.2) is 5.65 Å². The maximum Gasteiger partial charge on any atom is 0.206 e. The largest absolute Gasteiger partial charge is 0.448 e. The molecule has 5 heteroatoms. The average Bonchev–Trinajstić information content (AvgIpc) is 3.15. The number of nitrogens with zero attached hydrogens (tertiary/aromatic N) is 4. The molecule has 0 N–H and O–H groups in total. The number of fused-ring (bicyclic) bond motifs is 1. The van der Waals surface area contributed by atoms with Crippen LogP contribution in [0.15, 0.2) is 41.1 Å². The molecule has 4 heterocycles. The van der Waals surface area contributed by atoms with Crippen molar-refractivity contribution in [1.82, 2.24) is 19.4 Å². The summed E-state index contributed by atoms with van der Waals surface area (Å²) in [4.78, 5) is 11.6. The fourth-order valence-corrected chi connectivity index (χ4v) is 3.00. The monoisotopic (exact) mass is 268 g/mol. The molecule has 1 aliphatic heterocycles. The average molecular weight is 268 g/mol. The van der Waals surface area contributed by atoms with Crippen molar-refractivity contribution in [3.8, 4) is 5.88 Å². The maximum absolute atomic E-state index is 5.59. The van der Waals surface area contributed by atoms with Crippen LogP contribution in [-0.2, 0) is 0 Å². The van der Waals surface area contributed by atoms with Crippen molar-refractivity contribution in [3.63, 3.8) is 0 Å². The van der Waals surface area contributed by atoms with Crippen molar-refractivity contribution in [2.45, 2.75) is 18.9 Å². The highest BCUT2D eigenvalue weighted by molar-refractivity contribution is 5.73. The SMILES string of the molecule is CN1CCCC1c1nc2cccnc2n1-c1ccco1. The molecule has 1 aliphatic rings. The number of likely N-dealkylation sites (tertiary alicyclic amines) is 1. The second-order valence-corrected chi connectivity index (χ2v) is 5.24. The van der Waals surface area contributed by atoms with E-state index in [0.29, 0.717) is 6.04 Å². The van der Waals surface area contributed by atoms with Crippen LogP contribution in [-0.4, -0.2) is 33.0 Å². The quantitative estimate of drug-likeness (QED) is 0.717. The van der Waals surface area contributed by atoms with Crippen molar-refractivity contribution in [3.05, 3.63) is 42.5 Å². The van der Waals surface area contributed by atoms with Crippen molar-refractivity contribution in [2.24, 2.45) is 0 Å². The van der Waals surface area contributed by atoms with E-state index in [1.807, 2.05) is 28.8 Å². The number of furan rings is 1. The number of hydrogen-bond donors (Lipinski definition) is 0. The van der Waals surface area contributed by atoms with Crippen LogP contribution in [0.5, 0.6) is 0 Å². The maximum atomic E-state index is 5.59. The predicted octanol–water partition coefficient (Wildman–Crippen LogP) is 2.78. The van der Waals surface area contributed by atoms with Crippen LogP contribution in [0.3, 0.4) is 0 Å². The molecular formula is C15H16N4O. The summed E-state index contributed by atoms with van der Waals surface area (Å²) in [6, 6.07) is 8.10. The molecule has 0 amide bonds. The lowest BCUT2D eigenvalue weighted by Gasteiger charge is -2.19. The van der Waals surface area contributed by atoms with E-state index in [4.69, 9.17) is 9.40 Å². The van der Waals surface area contributed by atoms with E-state index in [9.17, 15) is 0 Å². The van der Waals surface area contributed by atoms with Gasteiger partial charge in [0.05, 0.1) is 12.3 Å². The number of imidazole rings is 1. The topological polar surface area (TPSA) is 47.1 Å². The van der Waals surface area contributed by atoms with Gasteiger partial charge in [0.25, 0.3) is 0 Å². The van der Waals surface area contributed by atoms with E-state index in [0.717, 1.165) is 35.8 Å². The Kier molecular flexibility index (Phi) is 2.60. The first-order chi connectivity index (χ1) is 9.84. The van der Waals surface area contributed by atoms with E-state index in [2.05, 4.69) is 16.9 Å². The third-order valence-corrected chi connectivity index (χ3v) is 3.99. The molecular weight excluding hydrogens is 252 g/mol. The van der Waals surface area contributed by atoms with E-state index < -0.39 is 0 Å². The Morgan fingerprint density at radius 1 is 1.30 bits per heavy atom. The van der Waals surface area contributed by atoms with E-state index >= 15 is 0 Å². The predicted molar refractivity (Wildman–Crippen MR) is 75.7 cm³/mol. The minimum absolute atomic E-state index is 0.328. The van der Waals surface area contributed by atoms with Gasteiger partial charge in [-0.15, -0.1) is 0 Å². The van der Waals surface area contributed by atoms with Gasteiger partial charge in [-0.05, 0) is 44.6 Å². The van der Waals surface area contributed by atoms with Gasteiger partial charge >= 0.3 is 0 Å². The van der Waals surface area contributed by atoms with Crippen molar-refractivity contribution >= 4 is 11.2 Å². The number of hydrogen-bond acceptors (Lipinski definition) is 4. The van der Waals surface area contributed by atoms with E-state index in [1.165, 1.54) is 6.42 Å². The van der Waals surface area contributed by atoms with Gasteiger partial charge in [-0.25, -0.2) is 14.5 Å². The first-order valence-electron chi connectivity index (χ1n) is 6.92. The lowest BCUT2D eigenvalue weighted by molar-refractivity contribution is 0.302. The van der Waals surface area contributed by atoms with Gasteiger partial charge in [-0.2, -0.15) is 0 Å². The van der Waals surface area contributed by atoms with Gasteiger partial charge in [-0.1, -0.05) is 0 Å². The van der Waals surface area contributed by atoms with Gasteiger partial charge in [0.2, 0.25) is 5.88 Å². The summed E-state index contributed by atoms with van der Waals surface area (Å²) >= 11 is 0. The van der Waals surface area contributed by atoms with Crippen molar-refractivity contribution in [2.75, 3.05) is 13.6 Å². The summed E-state index contributed by atoms with van der Waals surface area (Å²) in [6.07, 6.45) is 5.81. The zero-order chi connectivity index (χ0) is 13.5. The lowest BCUT2D eigenvalue weighted by atomic mass is 10.2. The van der Waals surface area contributed by atoms with Crippen LogP contribution in [0.4, 0.5) is 0 Å². The molecule has 5 nitrogen and oxygen atoms in total. The summed E-state index contributed by atoms with van der Waals surface area (Å²) in [5.41, 5.74) is 1.77. The molecule has 0 bridgehead atoms. The standard InChI is InChI=1S/C15H16N4O/c1-18-9-3-6-12(18)15-17-11-5-2-8-16-14(11)19(15)13-7-4-10-20-13/h2,4-5,7-8,10,12H,3,6,9H2,1H3. The van der Waals surface area contributed by atoms with Crippen LogP contribution in [0, 0.1) is 0 Å². The van der Waals surface area contributed by atoms with Crippen LogP contribution >= 0.6 is 0 Å². The Morgan fingerprint density at radius 3 is 3.00 bits per heavy atom. The Bertz CT molecular complexity index is 732. The summed E-state index contributed by atoms with van der Waals surface area (Å²) < 4.78 is 7.63. The Hall–Kier alpha value is -2.14. The van der Waals surface area contributed by atoms with Crippen molar-refractivity contribution in [1.29, 1.82) is 0 Å². The molecule has 1 atom stereocenters. The fraction of sp³-hybridized carbons (Fsp3) is 0.333. The summed E-state index contributed by atoms with van der Waals surface area (Å²) in [5.74, 6) is 1.80. The molecule has 0 spiro atoms. The molecule has 20 heavy (non-hydrogen) atoms. The summed E-state index contributed by atoms with van der Waals surface area (Å²) in [6.45, 7) is 1.11. The summed E-state index contributed by atoms with van der Waals surface area (Å²) in [7, 11) is 2.15. The van der Waals surface area contributed by atoms with Crippen LogP contribution in [0.25, 0.3) is 17.0 Å². The molecule has 0 radical (unpaired) electrons. The van der Waals surface area contributed by atoms with E-state index in [1.54, 1.807) is 12.5 Å². The number of aromatic nitrogens is 3. The normalized spacial score (nSPS) is 19.9. The lowest BCUT2D eigenvalue weighted by Crippen LogP contribution is -2.20. The minimum Gasteiger partial charge on any atom is -0.448 e. The molecule has 102 valence electrons. The first kappa shape index (κ1) is 11.7. The third kappa shape index (κ3) is 1.67. The van der Waals surface area contributed by atoms with Crippen LogP contribution < -0.4 is 0 Å². The fourth-order valence-electron chi connectivity index (χ4n) is 3.00. The van der Waals surface area contributed by atoms with Crippen LogP contribution in [0.2, 0.25) is 0 Å². The Labute approximate surface area is 116 Å². The molecule has 1 fully saturated rings. The molecule has 0 saturated carbocycles. The molecule has 0 aliphatic carbocycles. The first-order valence-corrected chi connectivity index (χ1v) is 6.92. The second-order valence-electron chi connectivity index (χ2n) is 5.24. The molecule has 0 aromatic carbocycles. The van der Waals surface area contributed by atoms with Gasteiger partial charge in [-0.3, -0.25) is 4.90 Å². The molecule has 3 aromatic heterocycles. The smallest absolute Gasteiger partial charge is 0.206 e. The van der Waals surface area contributed by atoms with E-state index in [-0.39, 0.29) is 0 Å². The molecule has 1 unspecified atom stereocenters. The Morgan fingerprint density at radius 2 is 2.25 bits per heavy atom. The zero-order valence-corrected chi connectivity index (χ0v) is 11.4. The van der Waals surface area contributed by atoms with Gasteiger partial charge in [0, 0.05) is 12.3 Å². The second kappa shape index (κ2) is 4.45. The zero-order valence-electron chi connectivity index (χ0n) is 11.4. The highest BCUT2D eigenvalue weighted by Gasteiger charge is 2.29. The van der Waals surface area contributed by atoms with Crippen molar-refractivity contribution < 1.29 is 4.42 Å². The molecule has 4 rings (SSSR count). The van der Waals surface area contributed by atoms with Gasteiger partial charge in [0.1, 0.15) is 11.3 Å². The highest BCUT2D eigenvalue weighted by atomic mass is 16.3.